The number of hydrogen-bond donors (Lipinski definition) is 2. The van der Waals surface area contributed by atoms with E-state index >= 15 is 0 Å². The maximum Gasteiger partial charge on any atom is 0.174 e. The molecule has 5 rings (SSSR count). The monoisotopic (exact) mass is 447 g/mol. The molecule has 0 aliphatic carbocycles. The van der Waals surface area contributed by atoms with Gasteiger partial charge in [0.15, 0.2) is 5.11 Å². The van der Waals surface area contributed by atoms with Crippen LogP contribution in [-0.4, -0.2) is 15.2 Å². The van der Waals surface area contributed by atoms with Crippen LogP contribution in [0.2, 0.25) is 5.02 Å². The Morgan fingerprint density at radius 1 is 1.00 bits per heavy atom. The maximum atomic E-state index is 10.6. The van der Waals surface area contributed by atoms with Gasteiger partial charge in [0.1, 0.15) is 23.3 Å². The summed E-state index contributed by atoms with van der Waals surface area (Å²) in [7, 11) is 0. The fraction of sp³-hybridized carbons (Fsp3) is 0.0833. The second-order valence-electron chi connectivity index (χ2n) is 7.20. The molecule has 7 heteroatoms. The smallest absolute Gasteiger partial charge is 0.174 e. The van der Waals surface area contributed by atoms with Crippen LogP contribution in [0.25, 0.3) is 11.3 Å². The fourth-order valence-corrected chi connectivity index (χ4v) is 4.37. The van der Waals surface area contributed by atoms with E-state index in [2.05, 4.69) is 10.3 Å². The lowest BCUT2D eigenvalue weighted by molar-refractivity contribution is 0.434. The number of anilines is 1. The first kappa shape index (κ1) is 19.6. The third kappa shape index (κ3) is 3.65. The number of phenols is 1. The summed E-state index contributed by atoms with van der Waals surface area (Å²) in [5.41, 5.74) is 2.30. The molecule has 2 aromatic heterocycles. The minimum atomic E-state index is -0.371. The molecule has 31 heavy (non-hydrogen) atoms. The van der Waals surface area contributed by atoms with Crippen molar-refractivity contribution in [1.82, 2.24) is 10.3 Å². The number of pyridine rings is 1. The zero-order chi connectivity index (χ0) is 21.4. The number of nitrogens with one attached hydrogen (secondary N) is 1. The van der Waals surface area contributed by atoms with Crippen LogP contribution in [0.4, 0.5) is 5.69 Å². The Balaban J connectivity index is 1.63. The van der Waals surface area contributed by atoms with Crippen LogP contribution in [0.15, 0.2) is 89.5 Å². The number of aromatic hydroxyl groups is 1. The van der Waals surface area contributed by atoms with E-state index < -0.39 is 0 Å². The van der Waals surface area contributed by atoms with E-state index in [0.717, 1.165) is 17.0 Å². The second kappa shape index (κ2) is 8.06. The number of nitrogens with zero attached hydrogens (tertiary/aromatic N) is 2. The first-order valence-corrected chi connectivity index (χ1v) is 10.5. The number of furan rings is 1. The van der Waals surface area contributed by atoms with Crippen LogP contribution in [0.5, 0.6) is 5.75 Å². The molecule has 1 saturated heterocycles. The Kier molecular flexibility index (Phi) is 5.10. The number of hydrogen-bond acceptors (Lipinski definition) is 4. The quantitative estimate of drug-likeness (QED) is 0.381. The molecule has 1 aliphatic heterocycles. The largest absolute Gasteiger partial charge is 0.506 e. The van der Waals surface area contributed by atoms with Gasteiger partial charge in [-0.3, -0.25) is 4.98 Å². The normalized spacial score (nSPS) is 18.2. The lowest BCUT2D eigenvalue weighted by Gasteiger charge is -2.26. The van der Waals surface area contributed by atoms with E-state index in [-0.39, 0.29) is 17.8 Å². The number of aromatic nitrogens is 1. The van der Waals surface area contributed by atoms with Crippen molar-refractivity contribution in [2.45, 2.75) is 12.1 Å². The molecule has 2 N–H and O–H groups in total. The summed E-state index contributed by atoms with van der Waals surface area (Å²) in [4.78, 5) is 6.36. The van der Waals surface area contributed by atoms with Crippen molar-refractivity contribution < 1.29 is 9.52 Å². The average Bonchev–Trinajstić information content (AvgIpc) is 3.41. The third-order valence-corrected chi connectivity index (χ3v) is 5.82. The molecular weight excluding hydrogens is 430 g/mol. The van der Waals surface area contributed by atoms with Crippen LogP contribution in [0, 0.1) is 0 Å². The van der Waals surface area contributed by atoms with Crippen molar-refractivity contribution in [2.24, 2.45) is 0 Å². The molecule has 2 aromatic carbocycles. The highest BCUT2D eigenvalue weighted by Crippen LogP contribution is 2.45. The Bertz CT molecular complexity index is 1230. The van der Waals surface area contributed by atoms with Gasteiger partial charge in [-0.25, -0.2) is 0 Å². The summed E-state index contributed by atoms with van der Waals surface area (Å²) in [5.74, 6) is 1.53. The molecule has 0 amide bonds. The first-order valence-electron chi connectivity index (χ1n) is 9.76. The van der Waals surface area contributed by atoms with E-state index in [4.69, 9.17) is 28.2 Å². The highest BCUT2D eigenvalue weighted by Gasteiger charge is 2.43. The van der Waals surface area contributed by atoms with Gasteiger partial charge in [0.05, 0.1) is 17.4 Å². The van der Waals surface area contributed by atoms with Gasteiger partial charge in [-0.15, -0.1) is 0 Å². The zero-order valence-electron chi connectivity index (χ0n) is 16.3. The van der Waals surface area contributed by atoms with E-state index in [1.165, 1.54) is 0 Å². The highest BCUT2D eigenvalue weighted by molar-refractivity contribution is 7.80. The molecule has 1 aliphatic rings. The summed E-state index contributed by atoms with van der Waals surface area (Å²) in [6.45, 7) is 0. The third-order valence-electron chi connectivity index (χ3n) is 5.27. The average molecular weight is 448 g/mol. The lowest BCUT2D eigenvalue weighted by Crippen LogP contribution is -2.29. The Hall–Kier alpha value is -3.35. The Morgan fingerprint density at radius 3 is 2.58 bits per heavy atom. The Morgan fingerprint density at radius 2 is 1.81 bits per heavy atom. The van der Waals surface area contributed by atoms with Gasteiger partial charge < -0.3 is 19.7 Å². The van der Waals surface area contributed by atoms with E-state index in [0.29, 0.717) is 21.6 Å². The van der Waals surface area contributed by atoms with Crippen LogP contribution >= 0.6 is 23.8 Å². The van der Waals surface area contributed by atoms with Gasteiger partial charge in [0, 0.05) is 16.8 Å². The summed E-state index contributed by atoms with van der Waals surface area (Å²) in [6.07, 6.45) is 1.74. The van der Waals surface area contributed by atoms with Gasteiger partial charge in [-0.2, -0.15) is 0 Å². The molecule has 0 spiro atoms. The van der Waals surface area contributed by atoms with Gasteiger partial charge in [0.2, 0.25) is 0 Å². The topological polar surface area (TPSA) is 61.5 Å². The summed E-state index contributed by atoms with van der Waals surface area (Å²) >= 11 is 11.9. The molecule has 4 aromatic rings. The maximum absolute atomic E-state index is 10.6. The molecule has 2 atom stereocenters. The van der Waals surface area contributed by atoms with Crippen molar-refractivity contribution in [3.05, 3.63) is 102 Å². The van der Waals surface area contributed by atoms with E-state index in [1.807, 2.05) is 65.6 Å². The second-order valence-corrected chi connectivity index (χ2v) is 8.02. The molecule has 154 valence electrons. The molecule has 3 heterocycles. The predicted octanol–water partition coefficient (Wildman–Crippen LogP) is 5.88. The number of benzene rings is 2. The van der Waals surface area contributed by atoms with Crippen molar-refractivity contribution in [1.29, 1.82) is 0 Å². The van der Waals surface area contributed by atoms with E-state index in [1.54, 1.807) is 24.4 Å². The molecule has 0 unspecified atom stereocenters. The zero-order valence-corrected chi connectivity index (χ0v) is 17.8. The number of phenolic OH excluding ortho intramolecular Hbond substituents is 1. The highest BCUT2D eigenvalue weighted by atomic mass is 35.5. The van der Waals surface area contributed by atoms with Crippen molar-refractivity contribution in [3.8, 4) is 17.1 Å². The van der Waals surface area contributed by atoms with Gasteiger partial charge in [-0.1, -0.05) is 48.0 Å². The van der Waals surface area contributed by atoms with Crippen LogP contribution in [0.1, 0.15) is 23.5 Å². The minimum Gasteiger partial charge on any atom is -0.506 e. The molecule has 1 fully saturated rings. The molecule has 0 saturated carbocycles. The SMILES string of the molecule is Oc1ccc(Cl)cc1N1C(=S)N[C@H](c2ccccn2)[C@@H]1c1ccc(-c2ccccc2)o1. The van der Waals surface area contributed by atoms with Gasteiger partial charge in [0.25, 0.3) is 0 Å². The van der Waals surface area contributed by atoms with E-state index in [9.17, 15) is 5.11 Å². The van der Waals surface area contributed by atoms with Crippen molar-refractivity contribution in [3.63, 3.8) is 0 Å². The standard InChI is InChI=1S/C24H18ClN3O2S/c25-16-9-10-19(29)18(14-16)28-23(22(27-24(28)31)17-8-4-5-13-26-17)21-12-11-20(30-21)15-6-2-1-3-7-15/h1-14,22-23,29H,(H,27,31)/t22-,23+/m1/s1. The summed E-state index contributed by atoms with van der Waals surface area (Å²) in [6, 6.07) is 23.8. The fourth-order valence-electron chi connectivity index (χ4n) is 3.86. The number of halogens is 1. The van der Waals surface area contributed by atoms with Crippen molar-refractivity contribution in [2.75, 3.05) is 4.90 Å². The molecular formula is C24H18ClN3O2S. The molecule has 0 radical (unpaired) electrons. The number of thiocarbonyl (C=S) groups is 1. The number of rotatable bonds is 4. The Labute approximate surface area is 189 Å². The first-order chi connectivity index (χ1) is 15.1. The molecule has 5 nitrogen and oxygen atoms in total. The van der Waals surface area contributed by atoms with Crippen LogP contribution < -0.4 is 10.2 Å². The summed E-state index contributed by atoms with van der Waals surface area (Å²) < 4.78 is 6.29. The van der Waals surface area contributed by atoms with Crippen LogP contribution in [0.3, 0.4) is 0 Å². The predicted molar refractivity (Wildman–Crippen MR) is 125 cm³/mol. The molecule has 0 bridgehead atoms. The lowest BCUT2D eigenvalue weighted by atomic mass is 10.0. The minimum absolute atomic E-state index is 0.0788. The van der Waals surface area contributed by atoms with Gasteiger partial charge >= 0.3 is 0 Å². The summed E-state index contributed by atoms with van der Waals surface area (Å²) in [5, 5.41) is 14.9. The van der Waals surface area contributed by atoms with Crippen molar-refractivity contribution >= 4 is 34.6 Å². The van der Waals surface area contributed by atoms with Gasteiger partial charge in [-0.05, 0) is 54.7 Å². The van der Waals surface area contributed by atoms with Crippen LogP contribution in [-0.2, 0) is 0 Å².